The number of hydrogen-bond donors (Lipinski definition) is 7. The number of nitrogen functional groups attached to an aromatic ring is 1. The zero-order valence-electron chi connectivity index (χ0n) is 76.8. The smallest absolute Gasteiger partial charge is 0.407 e. The van der Waals surface area contributed by atoms with Crippen LogP contribution in [0.25, 0.3) is 37.6 Å². The summed E-state index contributed by atoms with van der Waals surface area (Å²) in [6.07, 6.45) is 16.9. The summed E-state index contributed by atoms with van der Waals surface area (Å²) in [4.78, 5) is 24.6. The van der Waals surface area contributed by atoms with Crippen LogP contribution in [0.3, 0.4) is 0 Å². The van der Waals surface area contributed by atoms with E-state index in [0.29, 0.717) is 53.7 Å². The van der Waals surface area contributed by atoms with E-state index in [4.69, 9.17) is 37.0 Å². The van der Waals surface area contributed by atoms with Crippen molar-refractivity contribution >= 4 is 50.2 Å². The van der Waals surface area contributed by atoms with Crippen molar-refractivity contribution in [1.82, 2.24) is 25.6 Å². The maximum absolute atomic E-state index is 11.3. The van der Waals surface area contributed by atoms with E-state index in [1.165, 1.54) is 74.6 Å². The first-order valence-electron chi connectivity index (χ1n) is 41.7. The third kappa shape index (κ3) is 43.5. The van der Waals surface area contributed by atoms with Crippen LogP contribution >= 0.6 is 0 Å². The number of unbranched alkanes of at least 4 members (excludes halogenated alkanes) is 2. The fourth-order valence-corrected chi connectivity index (χ4v) is 12.4. The summed E-state index contributed by atoms with van der Waals surface area (Å²) in [5.41, 5.74) is 27.5. The van der Waals surface area contributed by atoms with Crippen LogP contribution in [0.5, 0.6) is 17.2 Å². The number of carbonyl (C=O) groups is 1. The molecule has 0 aliphatic rings. The molecule has 9 aromatic rings. The molecule has 9 N–H and O–H groups in total. The Hall–Kier alpha value is -8.26. The highest BCUT2D eigenvalue weighted by Crippen LogP contribution is 2.35. The molecular formula is C99H158N10O5+2. The number of alkyl carbamates (subject to hydrolysis) is 1. The molecule has 15 nitrogen and oxygen atoms in total. The molecular weight excluding hydrogens is 1410 g/mol. The Bertz CT molecular complexity index is 4110. The summed E-state index contributed by atoms with van der Waals surface area (Å²) in [6.45, 7) is 63.3. The molecule has 3 heterocycles. The van der Waals surface area contributed by atoms with E-state index in [0.717, 1.165) is 126 Å². The Balaban J connectivity index is 0.000000345. The van der Waals surface area contributed by atoms with Gasteiger partial charge in [-0.15, -0.1) is 0 Å². The summed E-state index contributed by atoms with van der Waals surface area (Å²) >= 11 is 0. The first-order chi connectivity index (χ1) is 52.8. The highest BCUT2D eigenvalue weighted by atomic mass is 16.5. The normalized spacial score (nSPS) is 12.0. The topological polar surface area (TPSA) is 182 Å². The van der Waals surface area contributed by atoms with Crippen molar-refractivity contribution < 1.29 is 32.7 Å². The predicted molar refractivity (Wildman–Crippen MR) is 492 cm³/mol. The van der Waals surface area contributed by atoms with Gasteiger partial charge in [0.2, 0.25) is 0 Å². The predicted octanol–water partition coefficient (Wildman–Crippen LogP) is 23.9. The standard InChI is InChI=1S/C18H32NO.C15H25NO.C14H30N2O2.C14H23NO.C13H14N2.C13H17N.C12H16N2/c1-18(2,3)15-16-9-11-17(12-10-16)20-14-8-7-13-19(4,5)6;1-15(2,3)12-13-6-8-14(9-7-13)17-11-5-10-16-4;1-14(2,3)9-7-8-10-15-13(17)18-12-11-16(4,5)6;1-14(2,3)11-12-5-7-13(8-6-12)16-10-4-9-15;1-13(2,3)11-8-15-12-6-5-9(14-4)7-10(11)12;1-9-5-6-12-10(7-9)11(8-14-12)13(2,3)4;1-12(2,3)10-7-14-11-5-4-8(13)6-9(10)11/h9-12H,7-8,13-15H2,1-6H3;6-9,16H,5,10-12H2,1-4H3;7-12H2,1-6H3;5-8H,4,9-11,15H2,1-3H3;5-8,15H,1-3H3;5-8,14H,1-4H3;4-7,14H,13H2,1-3H3/q+1;;;;;;/p+1. The molecule has 6 aromatic carbocycles. The first kappa shape index (κ1) is 99.9. The van der Waals surface area contributed by atoms with Crippen molar-refractivity contribution in [2.45, 2.75) is 233 Å². The number of rotatable bonds is 25. The van der Waals surface area contributed by atoms with Crippen LogP contribution in [0.1, 0.15) is 229 Å². The lowest BCUT2D eigenvalue weighted by atomic mass is 9.86. The van der Waals surface area contributed by atoms with Gasteiger partial charge in [0.1, 0.15) is 30.4 Å². The van der Waals surface area contributed by atoms with Crippen LogP contribution in [0.4, 0.5) is 16.2 Å². The molecule has 632 valence electrons. The molecule has 0 spiro atoms. The second-order valence-corrected chi connectivity index (χ2v) is 40.7. The van der Waals surface area contributed by atoms with Gasteiger partial charge in [-0.2, -0.15) is 0 Å². The van der Waals surface area contributed by atoms with Crippen LogP contribution < -0.4 is 36.3 Å². The third-order valence-corrected chi connectivity index (χ3v) is 18.3. The number of nitrogens with two attached hydrogens (primary N) is 2. The van der Waals surface area contributed by atoms with Gasteiger partial charge in [-0.1, -0.05) is 206 Å². The van der Waals surface area contributed by atoms with Gasteiger partial charge in [0.15, 0.2) is 5.69 Å². The number of aromatic amines is 3. The zero-order valence-corrected chi connectivity index (χ0v) is 76.8. The minimum absolute atomic E-state index is 0.110. The summed E-state index contributed by atoms with van der Waals surface area (Å²) in [7, 11) is 14.9. The van der Waals surface area contributed by atoms with Gasteiger partial charge >= 0.3 is 6.09 Å². The quantitative estimate of drug-likeness (QED) is 0.0128. The second kappa shape index (κ2) is 46.5. The Morgan fingerprint density at radius 1 is 0.439 bits per heavy atom. The molecule has 1 amide bonds. The highest BCUT2D eigenvalue weighted by molar-refractivity contribution is 5.88. The Morgan fingerprint density at radius 2 is 0.825 bits per heavy atom. The number of quaternary nitrogens is 2. The molecule has 0 saturated heterocycles. The number of likely N-dealkylation sites (N-methyl/N-ethyl adjacent to an activating group) is 1. The average molecular weight is 1570 g/mol. The molecule has 0 fully saturated rings. The Labute approximate surface area is 692 Å². The SMILES string of the molecule is CC(C)(C)CCCCNC(=O)OCC[N+](C)(C)C.CC(C)(C)Cc1ccc(OCCCC[N+](C)(C)C)cc1.CC(C)(C)Cc1ccc(OCCCN)cc1.CC(C)(C)c1c[nH]c2ccc(N)cc12.CNCCCOc1ccc(CC(C)(C)C)cc1.Cc1ccc2[nH]cc(C(C)(C)C)c2c1.[C-]#[N+]c1ccc2[nH]cc(C(C)(C)C)c2c1. The van der Waals surface area contributed by atoms with Crippen LogP contribution in [0.2, 0.25) is 0 Å². The van der Waals surface area contributed by atoms with Gasteiger partial charge in [0.05, 0.1) is 75.2 Å². The number of nitrogens with one attached hydrogen (secondary N) is 5. The Morgan fingerprint density at radius 3 is 1.20 bits per heavy atom. The van der Waals surface area contributed by atoms with Crippen molar-refractivity contribution in [2.75, 3.05) is 114 Å². The maximum atomic E-state index is 11.3. The van der Waals surface area contributed by atoms with Gasteiger partial charge in [0, 0.05) is 58.1 Å². The third-order valence-electron chi connectivity index (χ3n) is 18.3. The number of aromatic nitrogens is 3. The lowest BCUT2D eigenvalue weighted by Gasteiger charge is -2.23. The number of carbonyl (C=O) groups excluding carboxylic acids is 1. The van der Waals surface area contributed by atoms with E-state index in [-0.39, 0.29) is 22.3 Å². The van der Waals surface area contributed by atoms with Crippen molar-refractivity contribution in [3.63, 3.8) is 0 Å². The molecule has 0 radical (unpaired) electrons. The van der Waals surface area contributed by atoms with E-state index < -0.39 is 0 Å². The monoisotopic (exact) mass is 1570 g/mol. The number of aryl methyl sites for hydroxylation is 1. The van der Waals surface area contributed by atoms with Crippen molar-refractivity contribution in [3.05, 3.63) is 196 Å². The maximum Gasteiger partial charge on any atom is 0.407 e. The molecule has 0 saturated carbocycles. The fourth-order valence-electron chi connectivity index (χ4n) is 12.4. The van der Waals surface area contributed by atoms with E-state index >= 15 is 0 Å². The van der Waals surface area contributed by atoms with E-state index in [1.807, 2.05) is 61.8 Å². The van der Waals surface area contributed by atoms with E-state index in [2.05, 4.69) is 316 Å². The van der Waals surface area contributed by atoms with Crippen LogP contribution in [0.15, 0.2) is 146 Å². The molecule has 0 bridgehead atoms. The van der Waals surface area contributed by atoms with Gasteiger partial charge in [-0.25, -0.2) is 9.64 Å². The molecule has 9 rings (SSSR count). The molecule has 15 heteroatoms. The number of benzene rings is 6. The Kier molecular flexibility index (Phi) is 40.7. The number of nitrogens with zero attached hydrogens (tertiary/aromatic N) is 3. The minimum atomic E-state index is -0.292. The number of ether oxygens (including phenoxy) is 4. The summed E-state index contributed by atoms with van der Waals surface area (Å²) in [6, 6.07) is 43.7. The first-order valence-corrected chi connectivity index (χ1v) is 41.7. The average Bonchev–Trinajstić information content (AvgIpc) is 1.66. The molecule has 3 aromatic heterocycles. The van der Waals surface area contributed by atoms with Crippen molar-refractivity contribution in [3.8, 4) is 17.2 Å². The number of amides is 1. The fraction of sp³-hybridized carbons (Fsp3) is 0.556. The van der Waals surface area contributed by atoms with Gasteiger partial charge < -0.3 is 65.0 Å². The molecule has 0 aliphatic carbocycles. The zero-order chi connectivity index (χ0) is 85.9. The highest BCUT2D eigenvalue weighted by Gasteiger charge is 2.22. The number of hydrogen-bond acceptors (Lipinski definition) is 8. The van der Waals surface area contributed by atoms with E-state index in [1.54, 1.807) is 0 Å². The van der Waals surface area contributed by atoms with Crippen molar-refractivity contribution in [2.24, 2.45) is 27.4 Å². The second-order valence-electron chi connectivity index (χ2n) is 40.7. The molecule has 114 heavy (non-hydrogen) atoms. The van der Waals surface area contributed by atoms with Crippen LogP contribution in [-0.2, 0) is 40.2 Å². The molecule has 0 atom stereocenters. The van der Waals surface area contributed by atoms with Crippen molar-refractivity contribution in [1.29, 1.82) is 0 Å². The summed E-state index contributed by atoms with van der Waals surface area (Å²) in [5, 5.41) is 9.65. The van der Waals surface area contributed by atoms with Gasteiger partial charge in [0.25, 0.3) is 0 Å². The summed E-state index contributed by atoms with van der Waals surface area (Å²) in [5.74, 6) is 2.90. The minimum Gasteiger partial charge on any atom is -0.494 e. The summed E-state index contributed by atoms with van der Waals surface area (Å²) < 4.78 is 23.9. The molecule has 0 unspecified atom stereocenters. The van der Waals surface area contributed by atoms with Crippen LogP contribution in [0, 0.1) is 35.2 Å². The number of anilines is 1. The van der Waals surface area contributed by atoms with Gasteiger partial charge in [-0.3, -0.25) is 0 Å². The van der Waals surface area contributed by atoms with E-state index in [9.17, 15) is 4.79 Å². The lowest BCUT2D eigenvalue weighted by molar-refractivity contribution is -0.870. The number of H-pyrrole nitrogens is 3. The van der Waals surface area contributed by atoms with Gasteiger partial charge in [-0.05, 0) is 240 Å². The lowest BCUT2D eigenvalue weighted by Crippen LogP contribution is -2.39. The van der Waals surface area contributed by atoms with Crippen LogP contribution in [-0.4, -0.2) is 138 Å². The molecule has 0 aliphatic heterocycles. The largest absolute Gasteiger partial charge is 0.494 e. The number of fused-ring (bicyclic) bond motifs is 3.